The summed E-state index contributed by atoms with van der Waals surface area (Å²) in [5.74, 6) is -5.69. The summed E-state index contributed by atoms with van der Waals surface area (Å²) in [5.41, 5.74) is 2.19. The molecule has 6 nitrogen and oxygen atoms in total. The largest absolute Gasteiger partial charge is 0.435 e. The number of halogens is 6. The van der Waals surface area contributed by atoms with Gasteiger partial charge in [-0.1, -0.05) is 0 Å². The Bertz CT molecular complexity index is 2780. The molecule has 0 spiro atoms. The molecule has 10 aromatic rings. The van der Waals surface area contributed by atoms with Crippen LogP contribution in [0.3, 0.4) is 0 Å². The smallest absolute Gasteiger partial charge is 0.240 e. The second-order valence-corrected chi connectivity index (χ2v) is 15.2. The second-order valence-electron chi connectivity index (χ2n) is 11.1. The van der Waals surface area contributed by atoms with Crippen LogP contribution in [-0.2, 0) is 0 Å². The van der Waals surface area contributed by atoms with E-state index in [1.54, 1.807) is 24.3 Å². The Morgan fingerprint density at radius 2 is 0.840 bits per heavy atom. The topological polar surface area (TPSA) is 77.8 Å². The molecule has 0 fully saturated rings. The van der Waals surface area contributed by atoms with E-state index in [0.717, 1.165) is 45.3 Å². The SMILES string of the molecule is Fc1ccc2nc(-c3sc(-c4nc5cc6cc7oc(-c8sc(-c9nc%10ccc(F)cc%10s9)c(F)c8F)nc7cc6cc5o4)c(F)c3F)sc2c1. The summed E-state index contributed by atoms with van der Waals surface area (Å²) in [7, 11) is 0. The summed E-state index contributed by atoms with van der Waals surface area (Å²) < 4.78 is 101. The molecule has 0 bridgehead atoms. The van der Waals surface area contributed by atoms with Gasteiger partial charge in [0.05, 0.1) is 20.4 Å². The van der Waals surface area contributed by atoms with Crippen LogP contribution < -0.4 is 0 Å². The van der Waals surface area contributed by atoms with E-state index in [1.807, 2.05) is 0 Å². The summed E-state index contributed by atoms with van der Waals surface area (Å²) in [5, 5.41) is 1.66. The van der Waals surface area contributed by atoms with Crippen LogP contribution in [0.25, 0.3) is 94.7 Å². The number of aromatic nitrogens is 4. The van der Waals surface area contributed by atoms with Crippen molar-refractivity contribution >= 4 is 98.8 Å². The van der Waals surface area contributed by atoms with Gasteiger partial charge in [0.25, 0.3) is 0 Å². The quantitative estimate of drug-likeness (QED) is 0.167. The Kier molecular flexibility index (Phi) is 6.34. The summed E-state index contributed by atoms with van der Waals surface area (Å²) in [6.45, 7) is 0. The lowest BCUT2D eigenvalue weighted by atomic mass is 10.1. The highest BCUT2D eigenvalue weighted by molar-refractivity contribution is 7.27. The predicted octanol–water partition coefficient (Wildman–Crippen LogP) is 12.0. The molecule has 0 radical (unpaired) electrons. The molecule has 50 heavy (non-hydrogen) atoms. The second kappa shape index (κ2) is 10.7. The number of oxazole rings is 2. The van der Waals surface area contributed by atoms with E-state index in [4.69, 9.17) is 8.83 Å². The number of nitrogens with zero attached hydrogens (tertiary/aromatic N) is 4. The molecule has 0 N–H and O–H groups in total. The molecule has 0 atom stereocenters. The number of thiazole rings is 2. The number of fused-ring (bicyclic) bond motifs is 5. The van der Waals surface area contributed by atoms with Gasteiger partial charge >= 0.3 is 0 Å². The molecule has 6 heterocycles. The van der Waals surface area contributed by atoms with Gasteiger partial charge in [-0.25, -0.2) is 46.3 Å². The summed E-state index contributed by atoms with van der Waals surface area (Å²) >= 11 is 3.65. The van der Waals surface area contributed by atoms with Gasteiger partial charge in [-0.15, -0.1) is 45.3 Å². The van der Waals surface area contributed by atoms with Crippen LogP contribution in [0.1, 0.15) is 0 Å². The minimum atomic E-state index is -1.14. The van der Waals surface area contributed by atoms with Crippen molar-refractivity contribution in [2.45, 2.75) is 0 Å². The van der Waals surface area contributed by atoms with E-state index in [9.17, 15) is 8.78 Å². The fourth-order valence-electron chi connectivity index (χ4n) is 5.61. The third kappa shape index (κ3) is 4.52. The summed E-state index contributed by atoms with van der Waals surface area (Å²) in [4.78, 5) is 17.1. The molecule has 10 rings (SSSR count). The maximum absolute atomic E-state index is 15.2. The molecule has 0 amide bonds. The normalized spacial score (nSPS) is 12.2. The molecule has 0 aliphatic heterocycles. The van der Waals surface area contributed by atoms with E-state index >= 15 is 17.6 Å². The first kappa shape index (κ1) is 29.7. The minimum absolute atomic E-state index is 0.0570. The predicted molar refractivity (Wildman–Crippen MR) is 183 cm³/mol. The van der Waals surface area contributed by atoms with Crippen molar-refractivity contribution in [3.8, 4) is 41.3 Å². The van der Waals surface area contributed by atoms with Crippen LogP contribution in [0.2, 0.25) is 0 Å². The standard InChI is InChI=1S/C34H10F6N4O2S4/c35-13-1-3-15-21(9-13)47-33(43-15)29-25(39)23(37)27(49-29)31-41-17-5-11-8-20-18(6-12(11)7-19(17)45-31)42-32(46-20)28-24(38)26(40)30(50-28)34-44-16-4-2-14(36)10-22(16)48-34/h1-10H. The lowest BCUT2D eigenvalue weighted by molar-refractivity contribution is 0.515. The number of rotatable bonds is 4. The highest BCUT2D eigenvalue weighted by atomic mass is 32.1. The Labute approximate surface area is 289 Å². The van der Waals surface area contributed by atoms with Crippen molar-refractivity contribution in [3.05, 3.63) is 95.6 Å². The lowest BCUT2D eigenvalue weighted by Gasteiger charge is -1.96. The zero-order valence-electron chi connectivity index (χ0n) is 24.3. The van der Waals surface area contributed by atoms with Gasteiger partial charge in [0.1, 0.15) is 52.2 Å². The Morgan fingerprint density at radius 1 is 0.420 bits per heavy atom. The van der Waals surface area contributed by atoms with E-state index in [2.05, 4.69) is 19.9 Å². The van der Waals surface area contributed by atoms with Crippen LogP contribution in [0.15, 0.2) is 69.5 Å². The van der Waals surface area contributed by atoms with Gasteiger partial charge < -0.3 is 8.83 Å². The molecule has 0 saturated carbocycles. The van der Waals surface area contributed by atoms with E-state index in [0.29, 0.717) is 42.2 Å². The molecular weight excluding hydrogens is 739 g/mol. The highest BCUT2D eigenvalue weighted by Crippen LogP contribution is 2.45. The van der Waals surface area contributed by atoms with Crippen molar-refractivity contribution < 1.29 is 35.2 Å². The molecule has 0 aliphatic rings. The van der Waals surface area contributed by atoms with Gasteiger partial charge in [-0.2, -0.15) is 0 Å². The maximum Gasteiger partial charge on any atom is 0.240 e. The molecule has 16 heteroatoms. The monoisotopic (exact) mass is 748 g/mol. The number of hydrogen-bond acceptors (Lipinski definition) is 10. The third-order valence-corrected chi connectivity index (χ3v) is 12.5. The zero-order chi connectivity index (χ0) is 34.0. The molecular formula is C34H10F6N4O2S4. The summed E-state index contributed by atoms with van der Waals surface area (Å²) in [6, 6.07) is 14.6. The third-order valence-electron chi connectivity index (χ3n) is 7.92. The first-order chi connectivity index (χ1) is 24.2. The van der Waals surface area contributed by atoms with Crippen molar-refractivity contribution in [2.24, 2.45) is 0 Å². The first-order valence-corrected chi connectivity index (χ1v) is 17.7. The van der Waals surface area contributed by atoms with Gasteiger partial charge in [-0.3, -0.25) is 0 Å². The van der Waals surface area contributed by atoms with Crippen LogP contribution in [-0.4, -0.2) is 19.9 Å². The van der Waals surface area contributed by atoms with E-state index < -0.39 is 34.9 Å². The molecule has 0 saturated heterocycles. The molecule has 244 valence electrons. The van der Waals surface area contributed by atoms with Crippen molar-refractivity contribution in [1.82, 2.24) is 19.9 Å². The van der Waals surface area contributed by atoms with E-state index in [-0.39, 0.29) is 52.5 Å². The number of thiophene rings is 2. The molecule has 0 unspecified atom stereocenters. The van der Waals surface area contributed by atoms with Gasteiger partial charge in [0, 0.05) is 0 Å². The minimum Gasteiger partial charge on any atom is -0.435 e. The highest BCUT2D eigenvalue weighted by Gasteiger charge is 2.28. The molecule has 0 aliphatic carbocycles. The zero-order valence-corrected chi connectivity index (χ0v) is 27.5. The van der Waals surface area contributed by atoms with Gasteiger partial charge in [-0.05, 0) is 71.4 Å². The van der Waals surface area contributed by atoms with Gasteiger partial charge in [0.15, 0.2) is 34.4 Å². The molecule has 4 aromatic carbocycles. The molecule has 6 aromatic heterocycles. The Hall–Kier alpha value is -5.16. The van der Waals surface area contributed by atoms with Crippen molar-refractivity contribution in [1.29, 1.82) is 0 Å². The average molecular weight is 749 g/mol. The van der Waals surface area contributed by atoms with Crippen molar-refractivity contribution in [2.75, 3.05) is 0 Å². The lowest BCUT2D eigenvalue weighted by Crippen LogP contribution is -1.81. The van der Waals surface area contributed by atoms with Crippen LogP contribution in [0, 0.1) is 34.9 Å². The fraction of sp³-hybridized carbons (Fsp3) is 0. The van der Waals surface area contributed by atoms with Gasteiger partial charge in [0.2, 0.25) is 11.8 Å². The van der Waals surface area contributed by atoms with Crippen LogP contribution in [0.4, 0.5) is 26.3 Å². The first-order valence-electron chi connectivity index (χ1n) is 14.4. The fourth-order valence-corrected chi connectivity index (χ4v) is 9.70. The Morgan fingerprint density at radius 3 is 1.28 bits per heavy atom. The average Bonchev–Trinajstić information content (AvgIpc) is 3.94. The summed E-state index contributed by atoms with van der Waals surface area (Å²) in [6.07, 6.45) is 0. The number of hydrogen-bond donors (Lipinski definition) is 0. The number of benzene rings is 4. The maximum atomic E-state index is 15.2. The van der Waals surface area contributed by atoms with Crippen LogP contribution in [0.5, 0.6) is 0 Å². The van der Waals surface area contributed by atoms with E-state index in [1.165, 1.54) is 36.4 Å². The van der Waals surface area contributed by atoms with Crippen molar-refractivity contribution in [3.63, 3.8) is 0 Å². The van der Waals surface area contributed by atoms with Crippen LogP contribution >= 0.6 is 45.3 Å². The Balaban J connectivity index is 1.01.